The lowest BCUT2D eigenvalue weighted by Gasteiger charge is -2.25. The molecule has 1 heterocycles. The van der Waals surface area contributed by atoms with Gasteiger partial charge in [-0.2, -0.15) is 0 Å². The molecule has 1 fully saturated rings. The first-order chi connectivity index (χ1) is 6.68. The highest BCUT2D eigenvalue weighted by Gasteiger charge is 2.26. The Morgan fingerprint density at radius 3 is 2.86 bits per heavy atom. The molecule has 5 heteroatoms. The average Bonchev–Trinajstić information content (AvgIpc) is 2.32. The van der Waals surface area contributed by atoms with E-state index < -0.39 is 0 Å². The minimum atomic E-state index is -0.342. The maximum Gasteiger partial charge on any atom is 0.223 e. The lowest BCUT2D eigenvalue weighted by molar-refractivity contribution is -0.117. The van der Waals surface area contributed by atoms with E-state index in [9.17, 15) is 4.79 Å². The van der Waals surface area contributed by atoms with Crippen molar-refractivity contribution >= 4 is 5.91 Å². The first-order valence-electron chi connectivity index (χ1n) is 4.85. The third-order valence-corrected chi connectivity index (χ3v) is 2.78. The molecule has 14 heavy (non-hydrogen) atoms. The van der Waals surface area contributed by atoms with Crippen LogP contribution in [0.2, 0.25) is 0 Å². The molecule has 0 atom stereocenters. The number of nitrogens with zero attached hydrogens (tertiary/aromatic N) is 3. The van der Waals surface area contributed by atoms with Gasteiger partial charge in [0, 0.05) is 13.0 Å². The molecule has 1 amide bonds. The first kappa shape index (κ1) is 9.18. The fourth-order valence-electron chi connectivity index (χ4n) is 1.88. The topological polar surface area (TPSA) is 73.8 Å². The highest BCUT2D eigenvalue weighted by Crippen LogP contribution is 2.37. The zero-order valence-corrected chi connectivity index (χ0v) is 8.23. The molecule has 0 unspecified atom stereocenters. The van der Waals surface area contributed by atoms with E-state index in [1.54, 1.807) is 4.68 Å². The van der Waals surface area contributed by atoms with Crippen LogP contribution in [-0.4, -0.2) is 20.9 Å². The van der Waals surface area contributed by atoms with E-state index in [2.05, 4.69) is 10.3 Å². The van der Waals surface area contributed by atoms with E-state index in [0.29, 0.717) is 5.92 Å². The number of aromatic nitrogens is 3. The van der Waals surface area contributed by atoms with Crippen molar-refractivity contribution < 1.29 is 4.79 Å². The molecule has 0 spiro atoms. The highest BCUT2D eigenvalue weighted by atomic mass is 16.1. The summed E-state index contributed by atoms with van der Waals surface area (Å²) in [4.78, 5) is 10.8. The predicted molar refractivity (Wildman–Crippen MR) is 50.5 cm³/mol. The number of hydrogen-bond donors (Lipinski definition) is 1. The van der Waals surface area contributed by atoms with E-state index in [0.717, 1.165) is 11.4 Å². The van der Waals surface area contributed by atoms with Crippen LogP contribution in [0.15, 0.2) is 0 Å². The summed E-state index contributed by atoms with van der Waals surface area (Å²) >= 11 is 0. The molecule has 0 aliphatic heterocycles. The smallest absolute Gasteiger partial charge is 0.223 e. The largest absolute Gasteiger partial charge is 0.369 e. The number of rotatable bonds is 3. The molecular weight excluding hydrogens is 180 g/mol. The van der Waals surface area contributed by atoms with Crippen molar-refractivity contribution in [1.82, 2.24) is 15.0 Å². The third kappa shape index (κ3) is 1.49. The molecule has 1 aromatic heterocycles. The molecule has 5 nitrogen and oxygen atoms in total. The van der Waals surface area contributed by atoms with Crippen LogP contribution < -0.4 is 5.73 Å². The summed E-state index contributed by atoms with van der Waals surface area (Å²) < 4.78 is 1.77. The Morgan fingerprint density at radius 2 is 2.36 bits per heavy atom. The van der Waals surface area contributed by atoms with Crippen molar-refractivity contribution in [2.45, 2.75) is 31.6 Å². The normalized spacial score (nSPS) is 16.6. The van der Waals surface area contributed by atoms with Crippen molar-refractivity contribution in [3.8, 4) is 0 Å². The van der Waals surface area contributed by atoms with Gasteiger partial charge in [-0.25, -0.2) is 0 Å². The molecule has 2 N–H and O–H groups in total. The van der Waals surface area contributed by atoms with Crippen molar-refractivity contribution in [2.24, 2.45) is 12.8 Å². The third-order valence-electron chi connectivity index (χ3n) is 2.78. The molecule has 1 aromatic rings. The van der Waals surface area contributed by atoms with Crippen molar-refractivity contribution in [3.05, 3.63) is 11.4 Å². The van der Waals surface area contributed by atoms with E-state index in [1.807, 2.05) is 7.05 Å². The van der Waals surface area contributed by atoms with Crippen molar-refractivity contribution in [2.75, 3.05) is 0 Å². The molecule has 1 saturated carbocycles. The lowest BCUT2D eigenvalue weighted by atomic mass is 9.81. The number of amides is 1. The van der Waals surface area contributed by atoms with Gasteiger partial charge in [0.2, 0.25) is 5.91 Å². The second kappa shape index (κ2) is 3.40. The molecule has 0 bridgehead atoms. The Hall–Kier alpha value is -1.39. The van der Waals surface area contributed by atoms with Crippen LogP contribution >= 0.6 is 0 Å². The van der Waals surface area contributed by atoms with Gasteiger partial charge in [0.15, 0.2) is 0 Å². The molecule has 0 radical (unpaired) electrons. The summed E-state index contributed by atoms with van der Waals surface area (Å²) in [6, 6.07) is 0. The summed E-state index contributed by atoms with van der Waals surface area (Å²) in [5.41, 5.74) is 6.99. The SMILES string of the molecule is Cn1nnc(CC(N)=O)c1C1CCC1. The summed E-state index contributed by atoms with van der Waals surface area (Å²) in [5.74, 6) is 0.190. The quantitative estimate of drug-likeness (QED) is 0.742. The fourth-order valence-corrected chi connectivity index (χ4v) is 1.88. The maximum absolute atomic E-state index is 10.8. The van der Waals surface area contributed by atoms with Crippen LogP contribution in [0.3, 0.4) is 0 Å². The Bertz CT molecular complexity index is 354. The van der Waals surface area contributed by atoms with Crippen LogP contribution in [-0.2, 0) is 18.3 Å². The summed E-state index contributed by atoms with van der Waals surface area (Å²) in [6.07, 6.45) is 3.81. The minimum absolute atomic E-state index is 0.208. The summed E-state index contributed by atoms with van der Waals surface area (Å²) in [6.45, 7) is 0. The van der Waals surface area contributed by atoms with Crippen LogP contribution in [0.1, 0.15) is 36.6 Å². The van der Waals surface area contributed by atoms with Gasteiger partial charge in [0.25, 0.3) is 0 Å². The highest BCUT2D eigenvalue weighted by molar-refractivity contribution is 5.76. The number of aryl methyl sites for hydroxylation is 1. The summed E-state index contributed by atoms with van der Waals surface area (Å²) in [7, 11) is 1.87. The zero-order valence-electron chi connectivity index (χ0n) is 8.23. The molecule has 2 rings (SSSR count). The van der Waals surface area contributed by atoms with Gasteiger partial charge in [0.05, 0.1) is 17.8 Å². The molecule has 0 aromatic carbocycles. The fraction of sp³-hybridized carbons (Fsp3) is 0.667. The molecule has 76 valence electrons. The van der Waals surface area contributed by atoms with Gasteiger partial charge in [-0.15, -0.1) is 5.10 Å². The van der Waals surface area contributed by atoms with Gasteiger partial charge in [-0.05, 0) is 12.8 Å². The van der Waals surface area contributed by atoms with Gasteiger partial charge >= 0.3 is 0 Å². The zero-order chi connectivity index (χ0) is 10.1. The Morgan fingerprint density at radius 1 is 1.64 bits per heavy atom. The summed E-state index contributed by atoms with van der Waals surface area (Å²) in [5, 5.41) is 7.90. The minimum Gasteiger partial charge on any atom is -0.369 e. The van der Waals surface area contributed by atoms with Crippen LogP contribution in [0.5, 0.6) is 0 Å². The van der Waals surface area contributed by atoms with Gasteiger partial charge in [0.1, 0.15) is 0 Å². The van der Waals surface area contributed by atoms with Crippen LogP contribution in [0.4, 0.5) is 0 Å². The Kier molecular flexibility index (Phi) is 2.23. The Balaban J connectivity index is 2.25. The number of nitrogens with two attached hydrogens (primary N) is 1. The van der Waals surface area contributed by atoms with E-state index in [4.69, 9.17) is 5.73 Å². The molecule has 1 aliphatic carbocycles. The van der Waals surface area contributed by atoms with Gasteiger partial charge in [-0.1, -0.05) is 11.6 Å². The number of carbonyl (C=O) groups excluding carboxylic acids is 1. The molecular formula is C9H14N4O. The number of carbonyl (C=O) groups is 1. The van der Waals surface area contributed by atoms with Crippen LogP contribution in [0.25, 0.3) is 0 Å². The average molecular weight is 194 g/mol. The van der Waals surface area contributed by atoms with Crippen molar-refractivity contribution in [3.63, 3.8) is 0 Å². The van der Waals surface area contributed by atoms with Gasteiger partial charge in [-0.3, -0.25) is 9.48 Å². The van der Waals surface area contributed by atoms with Crippen molar-refractivity contribution in [1.29, 1.82) is 0 Å². The Labute approximate surface area is 82.3 Å². The standard InChI is InChI=1S/C9H14N4O/c1-13-9(6-3-2-4-6)7(11-12-13)5-8(10)14/h6H,2-5H2,1H3,(H2,10,14). The van der Waals surface area contributed by atoms with E-state index in [1.165, 1.54) is 19.3 Å². The number of primary amides is 1. The van der Waals surface area contributed by atoms with Gasteiger partial charge < -0.3 is 5.73 Å². The maximum atomic E-state index is 10.8. The van der Waals surface area contributed by atoms with E-state index >= 15 is 0 Å². The second-order valence-electron chi connectivity index (χ2n) is 3.82. The molecule has 1 aliphatic rings. The van der Waals surface area contributed by atoms with Crippen LogP contribution in [0, 0.1) is 0 Å². The predicted octanol–water partition coefficient (Wildman–Crippen LogP) is 0.110. The second-order valence-corrected chi connectivity index (χ2v) is 3.82. The molecule has 0 saturated heterocycles. The number of hydrogen-bond acceptors (Lipinski definition) is 3. The first-order valence-corrected chi connectivity index (χ1v) is 4.85. The lowest BCUT2D eigenvalue weighted by Crippen LogP contribution is -2.19. The monoisotopic (exact) mass is 194 g/mol. The van der Waals surface area contributed by atoms with E-state index in [-0.39, 0.29) is 12.3 Å².